The average Bonchev–Trinajstić information content (AvgIpc) is 2.28. The molecule has 0 aliphatic carbocycles. The number of ether oxygens (including phenoxy) is 1. The van der Waals surface area contributed by atoms with Gasteiger partial charge in [-0.2, -0.15) is 0 Å². The van der Waals surface area contributed by atoms with Gasteiger partial charge in [-0.05, 0) is 26.0 Å². The summed E-state index contributed by atoms with van der Waals surface area (Å²) in [5, 5.41) is 11.3. The second-order valence-corrected chi connectivity index (χ2v) is 3.75. The molecule has 0 spiro atoms. The molecule has 0 saturated carbocycles. The van der Waals surface area contributed by atoms with Gasteiger partial charge >= 0.3 is 0 Å². The fraction of sp³-hybridized carbons (Fsp3) is 0.417. The van der Waals surface area contributed by atoms with Gasteiger partial charge in [0.1, 0.15) is 5.75 Å². The van der Waals surface area contributed by atoms with Crippen molar-refractivity contribution in [3.63, 3.8) is 0 Å². The molecule has 16 heavy (non-hydrogen) atoms. The van der Waals surface area contributed by atoms with Crippen LogP contribution in [-0.4, -0.2) is 30.3 Å². The Morgan fingerprint density at radius 3 is 2.62 bits per heavy atom. The number of benzene rings is 1. The molecule has 1 aromatic rings. The molecule has 1 rings (SSSR count). The van der Waals surface area contributed by atoms with E-state index in [-0.39, 0.29) is 25.2 Å². The van der Waals surface area contributed by atoms with E-state index in [1.807, 2.05) is 31.2 Å². The van der Waals surface area contributed by atoms with Crippen LogP contribution in [0.4, 0.5) is 0 Å². The van der Waals surface area contributed by atoms with Gasteiger partial charge in [0.15, 0.2) is 6.61 Å². The predicted molar refractivity (Wildman–Crippen MR) is 61.4 cm³/mol. The second kappa shape index (κ2) is 6.12. The molecule has 0 aliphatic rings. The van der Waals surface area contributed by atoms with Gasteiger partial charge in [0.05, 0.1) is 6.61 Å². The normalized spacial score (nSPS) is 11.9. The lowest BCUT2D eigenvalue weighted by atomic mass is 10.2. The molecule has 1 amide bonds. The van der Waals surface area contributed by atoms with E-state index in [1.165, 1.54) is 0 Å². The Balaban J connectivity index is 2.34. The number of aliphatic hydroxyl groups excluding tert-OH is 1. The highest BCUT2D eigenvalue weighted by Crippen LogP contribution is 2.10. The Morgan fingerprint density at radius 2 is 2.06 bits per heavy atom. The molecule has 0 aliphatic heterocycles. The van der Waals surface area contributed by atoms with Gasteiger partial charge in [0, 0.05) is 6.04 Å². The topological polar surface area (TPSA) is 58.6 Å². The van der Waals surface area contributed by atoms with Gasteiger partial charge in [-0.15, -0.1) is 0 Å². The highest BCUT2D eigenvalue weighted by molar-refractivity contribution is 5.77. The summed E-state index contributed by atoms with van der Waals surface area (Å²) >= 11 is 0. The number of hydrogen-bond donors (Lipinski definition) is 2. The van der Waals surface area contributed by atoms with Crippen molar-refractivity contribution in [3.05, 3.63) is 29.8 Å². The van der Waals surface area contributed by atoms with Crippen molar-refractivity contribution in [3.8, 4) is 5.75 Å². The summed E-state index contributed by atoms with van der Waals surface area (Å²) in [6, 6.07) is 7.23. The maximum absolute atomic E-state index is 11.3. The molecule has 1 atom stereocenters. The molecule has 0 aromatic heterocycles. The fourth-order valence-electron chi connectivity index (χ4n) is 1.15. The van der Waals surface area contributed by atoms with Crippen molar-refractivity contribution < 1.29 is 14.6 Å². The van der Waals surface area contributed by atoms with E-state index in [0.29, 0.717) is 5.75 Å². The summed E-state index contributed by atoms with van der Waals surface area (Å²) in [6.45, 7) is 3.60. The molecule has 2 N–H and O–H groups in total. The summed E-state index contributed by atoms with van der Waals surface area (Å²) in [4.78, 5) is 11.3. The third-order valence-electron chi connectivity index (χ3n) is 2.07. The van der Waals surface area contributed by atoms with E-state index >= 15 is 0 Å². The lowest BCUT2D eigenvalue weighted by Gasteiger charge is -2.11. The van der Waals surface area contributed by atoms with Crippen LogP contribution in [0.15, 0.2) is 24.3 Å². The summed E-state index contributed by atoms with van der Waals surface area (Å²) in [5.74, 6) is 0.430. The molecule has 4 nitrogen and oxygen atoms in total. The van der Waals surface area contributed by atoms with Crippen LogP contribution in [0.3, 0.4) is 0 Å². The van der Waals surface area contributed by atoms with Crippen molar-refractivity contribution >= 4 is 5.91 Å². The highest BCUT2D eigenvalue weighted by Gasteiger charge is 2.06. The van der Waals surface area contributed by atoms with Gasteiger partial charge in [0.25, 0.3) is 5.91 Å². The number of nitrogens with one attached hydrogen (secondary N) is 1. The molecule has 0 bridgehead atoms. The first-order valence-corrected chi connectivity index (χ1v) is 5.21. The zero-order chi connectivity index (χ0) is 12.0. The molecule has 0 heterocycles. The van der Waals surface area contributed by atoms with E-state index in [1.54, 1.807) is 6.92 Å². The smallest absolute Gasteiger partial charge is 0.258 e. The molecule has 88 valence electrons. The Hall–Kier alpha value is -1.55. The Morgan fingerprint density at radius 1 is 1.44 bits per heavy atom. The molecule has 0 fully saturated rings. The van der Waals surface area contributed by atoms with Crippen LogP contribution >= 0.6 is 0 Å². The molecular weight excluding hydrogens is 206 g/mol. The van der Waals surface area contributed by atoms with Crippen LogP contribution in [0.1, 0.15) is 12.5 Å². The molecule has 1 aromatic carbocycles. The fourth-order valence-corrected chi connectivity index (χ4v) is 1.15. The zero-order valence-electron chi connectivity index (χ0n) is 9.56. The molecule has 0 saturated heterocycles. The summed E-state index contributed by atoms with van der Waals surface area (Å²) < 4.78 is 5.27. The largest absolute Gasteiger partial charge is 0.484 e. The quantitative estimate of drug-likeness (QED) is 0.778. The van der Waals surface area contributed by atoms with Crippen LogP contribution < -0.4 is 10.1 Å². The molecular formula is C12H17NO3. The standard InChI is InChI=1S/C12H17NO3/c1-9-3-5-11(6-4-9)16-8-12(15)13-10(2)7-14/h3-6,10,14H,7-8H2,1-2H3,(H,13,15). The molecule has 4 heteroatoms. The SMILES string of the molecule is Cc1ccc(OCC(=O)NC(C)CO)cc1. The summed E-state index contributed by atoms with van der Waals surface area (Å²) in [7, 11) is 0. The van der Waals surface area contributed by atoms with Gasteiger partial charge in [-0.3, -0.25) is 4.79 Å². The Kier molecular flexibility index (Phi) is 4.79. The highest BCUT2D eigenvalue weighted by atomic mass is 16.5. The number of carbonyl (C=O) groups excluding carboxylic acids is 1. The number of hydrogen-bond acceptors (Lipinski definition) is 3. The first-order chi connectivity index (χ1) is 7.61. The molecule has 0 radical (unpaired) electrons. The number of aryl methyl sites for hydroxylation is 1. The van der Waals surface area contributed by atoms with E-state index in [0.717, 1.165) is 5.56 Å². The zero-order valence-corrected chi connectivity index (χ0v) is 9.56. The number of rotatable bonds is 5. The number of amides is 1. The van der Waals surface area contributed by atoms with Crippen LogP contribution in [0.5, 0.6) is 5.75 Å². The van der Waals surface area contributed by atoms with E-state index < -0.39 is 0 Å². The summed E-state index contributed by atoms with van der Waals surface area (Å²) in [6.07, 6.45) is 0. The van der Waals surface area contributed by atoms with E-state index in [9.17, 15) is 4.79 Å². The van der Waals surface area contributed by atoms with E-state index in [4.69, 9.17) is 9.84 Å². The summed E-state index contributed by atoms with van der Waals surface area (Å²) in [5.41, 5.74) is 1.14. The minimum absolute atomic E-state index is 0.0343. The van der Waals surface area contributed by atoms with E-state index in [2.05, 4.69) is 5.32 Å². The van der Waals surface area contributed by atoms with Crippen LogP contribution in [0, 0.1) is 6.92 Å². The molecule has 1 unspecified atom stereocenters. The van der Waals surface area contributed by atoms with Crippen molar-refractivity contribution in [2.24, 2.45) is 0 Å². The lowest BCUT2D eigenvalue weighted by Crippen LogP contribution is -2.38. The van der Waals surface area contributed by atoms with Gasteiger partial charge in [-0.1, -0.05) is 17.7 Å². The van der Waals surface area contributed by atoms with Gasteiger partial charge in [-0.25, -0.2) is 0 Å². The second-order valence-electron chi connectivity index (χ2n) is 3.75. The third kappa shape index (κ3) is 4.31. The first-order valence-electron chi connectivity index (χ1n) is 5.21. The Bertz CT molecular complexity index is 335. The minimum Gasteiger partial charge on any atom is -0.484 e. The maximum Gasteiger partial charge on any atom is 0.258 e. The van der Waals surface area contributed by atoms with Crippen LogP contribution in [0.2, 0.25) is 0 Å². The number of aliphatic hydroxyl groups is 1. The van der Waals surface area contributed by atoms with Crippen LogP contribution in [-0.2, 0) is 4.79 Å². The predicted octanol–water partition coefficient (Wildman–Crippen LogP) is 0.871. The monoisotopic (exact) mass is 223 g/mol. The maximum atomic E-state index is 11.3. The van der Waals surface area contributed by atoms with Crippen molar-refractivity contribution in [2.75, 3.05) is 13.2 Å². The first kappa shape index (κ1) is 12.5. The number of carbonyl (C=O) groups is 1. The Labute approximate surface area is 95.2 Å². The van der Waals surface area contributed by atoms with Crippen molar-refractivity contribution in [2.45, 2.75) is 19.9 Å². The van der Waals surface area contributed by atoms with Gasteiger partial charge < -0.3 is 15.2 Å². The van der Waals surface area contributed by atoms with Gasteiger partial charge in [0.2, 0.25) is 0 Å². The average molecular weight is 223 g/mol. The lowest BCUT2D eigenvalue weighted by molar-refractivity contribution is -0.123. The van der Waals surface area contributed by atoms with Crippen LogP contribution in [0.25, 0.3) is 0 Å². The van der Waals surface area contributed by atoms with Crippen molar-refractivity contribution in [1.82, 2.24) is 5.32 Å². The van der Waals surface area contributed by atoms with Crippen molar-refractivity contribution in [1.29, 1.82) is 0 Å². The third-order valence-corrected chi connectivity index (χ3v) is 2.07. The minimum atomic E-state index is -0.242.